The van der Waals surface area contributed by atoms with Crippen LogP contribution in [0.15, 0.2) is 17.5 Å². The van der Waals surface area contributed by atoms with E-state index in [-0.39, 0.29) is 12.4 Å². The van der Waals surface area contributed by atoms with E-state index in [0.29, 0.717) is 20.7 Å². The van der Waals surface area contributed by atoms with E-state index in [1.54, 1.807) is 11.4 Å². The van der Waals surface area contributed by atoms with Crippen molar-refractivity contribution in [2.24, 2.45) is 0 Å². The van der Waals surface area contributed by atoms with E-state index in [9.17, 15) is 4.39 Å². The van der Waals surface area contributed by atoms with Crippen LogP contribution in [0.1, 0.15) is 5.56 Å². The Morgan fingerprint density at radius 1 is 1.54 bits per heavy atom. The lowest BCUT2D eigenvalue weighted by Gasteiger charge is -2.02. The summed E-state index contributed by atoms with van der Waals surface area (Å²) in [7, 11) is 0. The monoisotopic (exact) mass is 216 g/mol. The van der Waals surface area contributed by atoms with Gasteiger partial charge in [0, 0.05) is 5.39 Å². The molecule has 0 amide bonds. The van der Waals surface area contributed by atoms with Gasteiger partial charge >= 0.3 is 0 Å². The van der Waals surface area contributed by atoms with Crippen molar-refractivity contribution in [2.45, 2.75) is 6.61 Å². The SMILES string of the molecule is OCc1cc(F)c2sccc2c1Cl. The summed E-state index contributed by atoms with van der Waals surface area (Å²) in [5.41, 5.74) is 0.435. The predicted octanol–water partition coefficient (Wildman–Crippen LogP) is 3.19. The second-order valence-corrected chi connectivity index (χ2v) is 3.95. The molecule has 4 heteroatoms. The number of benzene rings is 1. The van der Waals surface area contributed by atoms with Crippen molar-refractivity contribution in [1.29, 1.82) is 0 Å². The zero-order valence-electron chi connectivity index (χ0n) is 6.55. The van der Waals surface area contributed by atoms with Crippen LogP contribution in [0.3, 0.4) is 0 Å². The van der Waals surface area contributed by atoms with Crippen molar-refractivity contribution in [3.63, 3.8) is 0 Å². The fourth-order valence-corrected chi connectivity index (χ4v) is 2.37. The topological polar surface area (TPSA) is 20.2 Å². The van der Waals surface area contributed by atoms with Crippen molar-refractivity contribution >= 4 is 33.0 Å². The fraction of sp³-hybridized carbons (Fsp3) is 0.111. The number of halogens is 2. The van der Waals surface area contributed by atoms with Crippen molar-refractivity contribution < 1.29 is 9.50 Å². The van der Waals surface area contributed by atoms with E-state index in [1.165, 1.54) is 17.4 Å². The lowest BCUT2D eigenvalue weighted by molar-refractivity contribution is 0.281. The molecular weight excluding hydrogens is 211 g/mol. The minimum absolute atomic E-state index is 0.235. The molecule has 2 rings (SSSR count). The maximum absolute atomic E-state index is 13.3. The van der Waals surface area contributed by atoms with Gasteiger partial charge in [0.2, 0.25) is 0 Å². The Morgan fingerprint density at radius 3 is 3.00 bits per heavy atom. The molecule has 1 heterocycles. The Balaban J connectivity index is 2.85. The van der Waals surface area contributed by atoms with Gasteiger partial charge in [0.25, 0.3) is 0 Å². The normalized spacial score (nSPS) is 11.0. The zero-order chi connectivity index (χ0) is 9.42. The van der Waals surface area contributed by atoms with E-state index in [0.717, 1.165) is 0 Å². The Morgan fingerprint density at radius 2 is 2.31 bits per heavy atom. The Bertz CT molecular complexity index is 452. The molecule has 68 valence electrons. The molecule has 0 fully saturated rings. The van der Waals surface area contributed by atoms with Gasteiger partial charge in [-0.3, -0.25) is 0 Å². The molecular formula is C9H6ClFOS. The first-order chi connectivity index (χ1) is 6.24. The molecule has 0 aliphatic carbocycles. The minimum atomic E-state index is -0.321. The summed E-state index contributed by atoms with van der Waals surface area (Å²) in [5, 5.41) is 11.8. The lowest BCUT2D eigenvalue weighted by Crippen LogP contribution is -1.87. The standard InChI is InChI=1S/C9H6ClFOS/c10-8-5(4-12)3-7(11)9-6(8)1-2-13-9/h1-3,12H,4H2. The first-order valence-electron chi connectivity index (χ1n) is 3.69. The highest BCUT2D eigenvalue weighted by Crippen LogP contribution is 2.33. The van der Waals surface area contributed by atoms with Crippen LogP contribution >= 0.6 is 22.9 Å². The number of thiophene rings is 1. The van der Waals surface area contributed by atoms with Gasteiger partial charge in [0.1, 0.15) is 5.82 Å². The highest BCUT2D eigenvalue weighted by atomic mass is 35.5. The van der Waals surface area contributed by atoms with Crippen LogP contribution in [0.4, 0.5) is 4.39 Å². The summed E-state index contributed by atoms with van der Waals surface area (Å²) in [6.45, 7) is -0.235. The molecule has 1 nitrogen and oxygen atoms in total. The molecule has 0 saturated carbocycles. The maximum atomic E-state index is 13.3. The van der Waals surface area contributed by atoms with Crippen molar-refractivity contribution in [3.05, 3.63) is 33.9 Å². The van der Waals surface area contributed by atoms with Crippen LogP contribution in [0.5, 0.6) is 0 Å². The summed E-state index contributed by atoms with van der Waals surface area (Å²) >= 11 is 7.24. The summed E-state index contributed by atoms with van der Waals surface area (Å²) in [6.07, 6.45) is 0. The smallest absolute Gasteiger partial charge is 0.141 e. The van der Waals surface area contributed by atoms with Crippen molar-refractivity contribution in [1.82, 2.24) is 0 Å². The molecule has 1 aromatic heterocycles. The molecule has 13 heavy (non-hydrogen) atoms. The largest absolute Gasteiger partial charge is 0.392 e. The summed E-state index contributed by atoms with van der Waals surface area (Å²) in [5.74, 6) is -0.321. The summed E-state index contributed by atoms with van der Waals surface area (Å²) in [4.78, 5) is 0. The van der Waals surface area contributed by atoms with Gasteiger partial charge in [-0.2, -0.15) is 0 Å². The van der Waals surface area contributed by atoms with Gasteiger partial charge < -0.3 is 5.11 Å². The third-order valence-electron chi connectivity index (χ3n) is 1.87. The Kier molecular flexibility index (Phi) is 2.24. The number of rotatable bonds is 1. The molecule has 0 aliphatic heterocycles. The van der Waals surface area contributed by atoms with E-state index in [1.807, 2.05) is 0 Å². The van der Waals surface area contributed by atoms with Gasteiger partial charge in [0.15, 0.2) is 0 Å². The van der Waals surface area contributed by atoms with Crippen LogP contribution in [0.25, 0.3) is 10.1 Å². The van der Waals surface area contributed by atoms with Gasteiger partial charge in [-0.1, -0.05) is 11.6 Å². The number of hydrogen-bond acceptors (Lipinski definition) is 2. The summed E-state index contributed by atoms with van der Waals surface area (Å²) in [6, 6.07) is 3.03. The van der Waals surface area contributed by atoms with Crippen LogP contribution in [-0.2, 0) is 6.61 Å². The van der Waals surface area contributed by atoms with Gasteiger partial charge in [-0.25, -0.2) is 4.39 Å². The van der Waals surface area contributed by atoms with Crippen LogP contribution in [0, 0.1) is 5.82 Å². The molecule has 0 atom stereocenters. The Labute approximate surface area is 83.4 Å². The van der Waals surface area contributed by atoms with E-state index in [2.05, 4.69) is 0 Å². The predicted molar refractivity (Wildman–Crippen MR) is 52.7 cm³/mol. The maximum Gasteiger partial charge on any atom is 0.141 e. The third kappa shape index (κ3) is 1.33. The first kappa shape index (κ1) is 8.94. The van der Waals surface area contributed by atoms with E-state index < -0.39 is 0 Å². The highest BCUT2D eigenvalue weighted by molar-refractivity contribution is 7.17. The molecule has 0 radical (unpaired) electrons. The quantitative estimate of drug-likeness (QED) is 0.776. The second-order valence-electron chi connectivity index (χ2n) is 2.65. The average Bonchev–Trinajstić information content (AvgIpc) is 2.60. The third-order valence-corrected chi connectivity index (χ3v) is 3.24. The van der Waals surface area contributed by atoms with Crippen molar-refractivity contribution in [3.8, 4) is 0 Å². The molecule has 0 aliphatic rings. The highest BCUT2D eigenvalue weighted by Gasteiger charge is 2.10. The van der Waals surface area contributed by atoms with E-state index >= 15 is 0 Å². The second kappa shape index (κ2) is 3.25. The molecule has 1 N–H and O–H groups in total. The molecule has 2 aromatic rings. The van der Waals surface area contributed by atoms with Crippen molar-refractivity contribution in [2.75, 3.05) is 0 Å². The Hall–Kier alpha value is -0.640. The van der Waals surface area contributed by atoms with Crippen LogP contribution in [0.2, 0.25) is 5.02 Å². The molecule has 1 aromatic carbocycles. The number of aliphatic hydroxyl groups excluding tert-OH is 1. The van der Waals surface area contributed by atoms with Gasteiger partial charge in [0.05, 0.1) is 16.3 Å². The van der Waals surface area contributed by atoms with Gasteiger partial charge in [-0.05, 0) is 23.1 Å². The van der Waals surface area contributed by atoms with Crippen LogP contribution < -0.4 is 0 Å². The van der Waals surface area contributed by atoms with Gasteiger partial charge in [-0.15, -0.1) is 11.3 Å². The molecule has 0 unspecified atom stereocenters. The fourth-order valence-electron chi connectivity index (χ4n) is 1.24. The zero-order valence-corrected chi connectivity index (χ0v) is 8.12. The number of hydrogen-bond donors (Lipinski definition) is 1. The van der Waals surface area contributed by atoms with Crippen LogP contribution in [-0.4, -0.2) is 5.11 Å². The van der Waals surface area contributed by atoms with E-state index in [4.69, 9.17) is 16.7 Å². The lowest BCUT2D eigenvalue weighted by atomic mass is 10.1. The minimum Gasteiger partial charge on any atom is -0.392 e. The molecule has 0 saturated heterocycles. The average molecular weight is 217 g/mol. The molecule has 0 bridgehead atoms. The number of fused-ring (bicyclic) bond motifs is 1. The molecule has 0 spiro atoms. The number of aliphatic hydroxyl groups is 1. The first-order valence-corrected chi connectivity index (χ1v) is 4.94. The summed E-state index contributed by atoms with van der Waals surface area (Å²) < 4.78 is 13.8.